The van der Waals surface area contributed by atoms with Gasteiger partial charge in [-0.05, 0) is 12.8 Å². The second-order valence-electron chi connectivity index (χ2n) is 6.56. The minimum atomic E-state index is -0.568. The zero-order valence-electron chi connectivity index (χ0n) is 13.3. The average Bonchev–Trinajstić information content (AvgIpc) is 2.98. The van der Waals surface area contributed by atoms with Gasteiger partial charge in [-0.15, -0.1) is 0 Å². The highest BCUT2D eigenvalue weighted by molar-refractivity contribution is 6.05. The molecule has 24 heavy (non-hydrogen) atoms. The molecule has 0 atom stereocenters. The lowest BCUT2D eigenvalue weighted by Gasteiger charge is -2.37. The molecule has 8 nitrogen and oxygen atoms in total. The SMILES string of the molecule is [B]OC(=O)N1CC(c2nc3c(cnn3C3CCCCC3)c(=O)[nH]2)C1. The van der Waals surface area contributed by atoms with Crippen molar-refractivity contribution in [1.29, 1.82) is 0 Å². The molecule has 2 fully saturated rings. The Morgan fingerprint density at radius 2 is 2.04 bits per heavy atom. The van der Waals surface area contributed by atoms with Gasteiger partial charge in [-0.3, -0.25) is 4.79 Å². The number of fused-ring (bicyclic) bond motifs is 1. The molecule has 1 amide bonds. The van der Waals surface area contributed by atoms with Crippen molar-refractivity contribution in [3.8, 4) is 0 Å². The van der Waals surface area contributed by atoms with Crippen LogP contribution in [0.4, 0.5) is 4.79 Å². The standard InChI is InChI=1S/C15H18BN5O3/c16-24-15(23)20-7-9(8-20)12-18-13-11(14(22)19-12)6-17-21(13)10-4-2-1-3-5-10/h6,9-10H,1-5,7-8H2,(H,18,19,22). The molecular weight excluding hydrogens is 309 g/mol. The molecule has 0 bridgehead atoms. The smallest absolute Gasteiger partial charge is 0.391 e. The summed E-state index contributed by atoms with van der Waals surface area (Å²) >= 11 is 0. The fourth-order valence-electron chi connectivity index (χ4n) is 3.61. The predicted octanol–water partition coefficient (Wildman–Crippen LogP) is 1.24. The number of carbonyl (C=O) groups excluding carboxylic acids is 1. The molecule has 1 saturated heterocycles. The van der Waals surface area contributed by atoms with Crippen molar-refractivity contribution in [2.24, 2.45) is 0 Å². The van der Waals surface area contributed by atoms with Gasteiger partial charge in [0, 0.05) is 13.1 Å². The van der Waals surface area contributed by atoms with Gasteiger partial charge in [-0.25, -0.2) is 14.5 Å². The summed E-state index contributed by atoms with van der Waals surface area (Å²) in [5, 5.41) is 4.93. The van der Waals surface area contributed by atoms with Crippen molar-refractivity contribution in [3.63, 3.8) is 0 Å². The number of rotatable bonds is 2. The number of likely N-dealkylation sites (tertiary alicyclic amines) is 1. The lowest BCUT2D eigenvalue weighted by atomic mass is 9.96. The Hall–Kier alpha value is -2.32. The number of amides is 1. The molecule has 0 aromatic carbocycles. The third-order valence-corrected chi connectivity index (χ3v) is 5.03. The van der Waals surface area contributed by atoms with Crippen molar-refractivity contribution in [3.05, 3.63) is 22.4 Å². The van der Waals surface area contributed by atoms with Gasteiger partial charge in [0.25, 0.3) is 5.56 Å². The van der Waals surface area contributed by atoms with E-state index in [9.17, 15) is 9.59 Å². The van der Waals surface area contributed by atoms with Crippen LogP contribution < -0.4 is 5.56 Å². The number of carbonyl (C=O) groups is 1. The minimum Gasteiger partial charge on any atom is -0.528 e. The lowest BCUT2D eigenvalue weighted by molar-refractivity contribution is 0.112. The first-order chi connectivity index (χ1) is 11.7. The molecule has 9 heteroatoms. The van der Waals surface area contributed by atoms with Crippen LogP contribution in [-0.4, -0.2) is 51.9 Å². The highest BCUT2D eigenvalue weighted by atomic mass is 16.5. The van der Waals surface area contributed by atoms with Crippen LogP contribution in [0.1, 0.15) is 49.9 Å². The number of H-pyrrole nitrogens is 1. The minimum absolute atomic E-state index is 0.0177. The second kappa shape index (κ2) is 5.96. The average molecular weight is 327 g/mol. The molecule has 2 aromatic rings. The third kappa shape index (κ3) is 2.48. The van der Waals surface area contributed by atoms with Crippen molar-refractivity contribution in [1.82, 2.24) is 24.6 Å². The summed E-state index contributed by atoms with van der Waals surface area (Å²) in [6.07, 6.45) is 6.78. The monoisotopic (exact) mass is 327 g/mol. The van der Waals surface area contributed by atoms with Gasteiger partial charge >= 0.3 is 14.1 Å². The van der Waals surface area contributed by atoms with E-state index in [0.29, 0.717) is 36.0 Å². The largest absolute Gasteiger partial charge is 0.528 e. The highest BCUT2D eigenvalue weighted by Gasteiger charge is 2.34. The van der Waals surface area contributed by atoms with E-state index in [2.05, 4.69) is 19.7 Å². The van der Waals surface area contributed by atoms with Crippen LogP contribution in [0.5, 0.6) is 0 Å². The van der Waals surface area contributed by atoms with Gasteiger partial charge in [-0.2, -0.15) is 5.10 Å². The molecule has 1 saturated carbocycles. The number of aromatic nitrogens is 4. The van der Waals surface area contributed by atoms with Crippen LogP contribution in [-0.2, 0) is 4.65 Å². The first-order valence-electron chi connectivity index (χ1n) is 8.30. The topological polar surface area (TPSA) is 93.1 Å². The Morgan fingerprint density at radius 3 is 2.75 bits per heavy atom. The summed E-state index contributed by atoms with van der Waals surface area (Å²) in [7, 11) is 4.88. The van der Waals surface area contributed by atoms with E-state index in [1.54, 1.807) is 6.20 Å². The molecule has 2 radical (unpaired) electrons. The molecule has 4 rings (SSSR count). The van der Waals surface area contributed by atoms with Gasteiger partial charge in [0.2, 0.25) is 0 Å². The van der Waals surface area contributed by atoms with E-state index in [0.717, 1.165) is 12.8 Å². The molecule has 1 aliphatic carbocycles. The van der Waals surface area contributed by atoms with Crippen LogP contribution in [0.2, 0.25) is 0 Å². The fourth-order valence-corrected chi connectivity index (χ4v) is 3.61. The number of aromatic amines is 1. The Labute approximate surface area is 139 Å². The fraction of sp³-hybridized carbons (Fsp3) is 0.600. The van der Waals surface area contributed by atoms with E-state index in [1.165, 1.54) is 24.2 Å². The number of hydrogen-bond donors (Lipinski definition) is 1. The summed E-state index contributed by atoms with van der Waals surface area (Å²) in [5.74, 6) is 0.571. The zero-order chi connectivity index (χ0) is 16.7. The molecule has 2 aliphatic rings. The van der Waals surface area contributed by atoms with Gasteiger partial charge in [-0.1, -0.05) is 19.3 Å². The number of nitrogens with one attached hydrogen (secondary N) is 1. The summed E-state index contributed by atoms with van der Waals surface area (Å²) in [4.78, 5) is 32.6. The maximum atomic E-state index is 12.3. The predicted molar refractivity (Wildman–Crippen MR) is 86.8 cm³/mol. The van der Waals surface area contributed by atoms with E-state index < -0.39 is 6.09 Å². The van der Waals surface area contributed by atoms with Crippen LogP contribution in [0.25, 0.3) is 11.0 Å². The van der Waals surface area contributed by atoms with Gasteiger partial charge < -0.3 is 14.5 Å². The third-order valence-electron chi connectivity index (χ3n) is 5.03. The maximum absolute atomic E-state index is 12.3. The van der Waals surface area contributed by atoms with Crippen molar-refractivity contribution in [2.75, 3.05) is 13.1 Å². The van der Waals surface area contributed by atoms with E-state index in [1.807, 2.05) is 4.68 Å². The van der Waals surface area contributed by atoms with E-state index in [-0.39, 0.29) is 11.5 Å². The molecule has 3 heterocycles. The maximum Gasteiger partial charge on any atom is 0.391 e. The number of hydrogen-bond acceptors (Lipinski definition) is 5. The van der Waals surface area contributed by atoms with Crippen molar-refractivity contribution in [2.45, 2.75) is 44.1 Å². The second-order valence-corrected chi connectivity index (χ2v) is 6.56. The first kappa shape index (κ1) is 15.2. The Morgan fingerprint density at radius 1 is 1.29 bits per heavy atom. The summed E-state index contributed by atoms with van der Waals surface area (Å²) < 4.78 is 6.10. The molecule has 2 aromatic heterocycles. The van der Waals surface area contributed by atoms with Crippen LogP contribution in [0.15, 0.2) is 11.0 Å². The molecule has 1 N–H and O–H groups in total. The van der Waals surface area contributed by atoms with E-state index in [4.69, 9.17) is 8.05 Å². The summed E-state index contributed by atoms with van der Waals surface area (Å²) in [6.45, 7) is 0.865. The van der Waals surface area contributed by atoms with Crippen molar-refractivity contribution >= 4 is 25.2 Å². The summed E-state index contributed by atoms with van der Waals surface area (Å²) in [6, 6.07) is 0.309. The van der Waals surface area contributed by atoms with Gasteiger partial charge in [0.1, 0.15) is 11.2 Å². The lowest BCUT2D eigenvalue weighted by Crippen LogP contribution is -2.49. The molecule has 0 unspecified atom stereocenters. The molecule has 1 aliphatic heterocycles. The van der Waals surface area contributed by atoms with Gasteiger partial charge in [0.05, 0.1) is 18.2 Å². The van der Waals surface area contributed by atoms with Crippen LogP contribution >= 0.6 is 0 Å². The molecule has 124 valence electrons. The normalized spacial score (nSPS) is 19.4. The Kier molecular flexibility index (Phi) is 3.78. The highest BCUT2D eigenvalue weighted by Crippen LogP contribution is 2.30. The Bertz CT molecular complexity index is 820. The number of nitrogens with zero attached hydrogens (tertiary/aromatic N) is 4. The van der Waals surface area contributed by atoms with Gasteiger partial charge in [0.15, 0.2) is 5.65 Å². The molecule has 0 spiro atoms. The molecular formula is C15H18BN5O3. The zero-order valence-corrected chi connectivity index (χ0v) is 13.3. The summed E-state index contributed by atoms with van der Waals surface area (Å²) in [5.41, 5.74) is 0.456. The van der Waals surface area contributed by atoms with E-state index >= 15 is 0 Å². The quantitative estimate of drug-likeness (QED) is 0.838. The Balaban J connectivity index is 1.64. The van der Waals surface area contributed by atoms with Crippen LogP contribution in [0, 0.1) is 0 Å². The van der Waals surface area contributed by atoms with Crippen molar-refractivity contribution < 1.29 is 9.45 Å². The van der Waals surface area contributed by atoms with Crippen LogP contribution in [0.3, 0.4) is 0 Å². The first-order valence-corrected chi connectivity index (χ1v) is 8.30.